The number of amides is 2. The van der Waals surface area contributed by atoms with Crippen LogP contribution in [-0.2, 0) is 9.53 Å². The molecule has 0 bridgehead atoms. The summed E-state index contributed by atoms with van der Waals surface area (Å²) in [6, 6.07) is 4.63. The summed E-state index contributed by atoms with van der Waals surface area (Å²) in [5, 5.41) is 2.59. The molecule has 0 aliphatic carbocycles. The van der Waals surface area contributed by atoms with Gasteiger partial charge in [-0.25, -0.2) is 14.2 Å². The number of nitrogens with zero attached hydrogens (tertiary/aromatic N) is 2. The van der Waals surface area contributed by atoms with E-state index >= 15 is 0 Å². The predicted molar refractivity (Wildman–Crippen MR) is 83.1 cm³/mol. The highest BCUT2D eigenvalue weighted by molar-refractivity contribution is 5.94. The summed E-state index contributed by atoms with van der Waals surface area (Å²) in [6.07, 6.45) is -1.02. The molecule has 1 fully saturated rings. The summed E-state index contributed by atoms with van der Waals surface area (Å²) >= 11 is 0. The van der Waals surface area contributed by atoms with E-state index in [1.807, 2.05) is 0 Å². The summed E-state index contributed by atoms with van der Waals surface area (Å²) in [7, 11) is 0. The van der Waals surface area contributed by atoms with Crippen LogP contribution < -0.4 is 16.0 Å². The average molecular weight is 333 g/mol. The van der Waals surface area contributed by atoms with E-state index in [2.05, 4.69) is 5.32 Å². The summed E-state index contributed by atoms with van der Waals surface area (Å²) < 4.78 is 11.1. The van der Waals surface area contributed by atoms with E-state index < -0.39 is 23.9 Å². The summed E-state index contributed by atoms with van der Waals surface area (Å²) in [6.45, 7) is 3.11. The highest BCUT2D eigenvalue weighted by Gasteiger charge is 2.32. The fraction of sp³-hybridized carbons (Fsp3) is 0.333. The number of rotatable bonds is 3. The van der Waals surface area contributed by atoms with Gasteiger partial charge in [-0.05, 0) is 12.1 Å². The van der Waals surface area contributed by atoms with Crippen molar-refractivity contribution in [2.24, 2.45) is 0 Å². The number of aromatic nitrogens is 1. The Morgan fingerprint density at radius 3 is 2.71 bits per heavy atom. The Morgan fingerprint density at radius 2 is 2.04 bits per heavy atom. The van der Waals surface area contributed by atoms with Crippen molar-refractivity contribution in [3.8, 4) is 0 Å². The van der Waals surface area contributed by atoms with Gasteiger partial charge in [0.15, 0.2) is 5.58 Å². The smallest absolute Gasteiger partial charge is 0.426 e. The first-order valence-electron chi connectivity index (χ1n) is 7.26. The standard InChI is InChI=1S/C15H15N3O6/c1-8(19)16-6-11-7-17(14(21)23-11)10-3-4-12-13(5-10)24-15(22)18(12)9(2)20/h3-5,11H,6-7H2,1-2H3,(H,16,19)/t11-/m0/s1. The van der Waals surface area contributed by atoms with Gasteiger partial charge in [-0.15, -0.1) is 0 Å². The minimum Gasteiger partial charge on any atom is -0.442 e. The van der Waals surface area contributed by atoms with E-state index in [-0.39, 0.29) is 24.6 Å². The number of hydrogen-bond acceptors (Lipinski definition) is 6. The third-order valence-electron chi connectivity index (χ3n) is 3.64. The van der Waals surface area contributed by atoms with Gasteiger partial charge >= 0.3 is 11.8 Å². The zero-order valence-electron chi connectivity index (χ0n) is 13.1. The number of oxazole rings is 1. The van der Waals surface area contributed by atoms with Crippen molar-refractivity contribution in [2.75, 3.05) is 18.0 Å². The highest BCUT2D eigenvalue weighted by atomic mass is 16.6. The number of carbonyl (C=O) groups is 3. The number of hydrogen-bond donors (Lipinski definition) is 1. The molecule has 9 heteroatoms. The van der Waals surface area contributed by atoms with Crippen molar-refractivity contribution in [1.82, 2.24) is 9.88 Å². The summed E-state index contributed by atoms with van der Waals surface area (Å²) in [4.78, 5) is 47.5. The second-order valence-electron chi connectivity index (χ2n) is 5.43. The molecular weight excluding hydrogens is 318 g/mol. The van der Waals surface area contributed by atoms with Crippen LogP contribution >= 0.6 is 0 Å². The van der Waals surface area contributed by atoms with Crippen molar-refractivity contribution in [3.05, 3.63) is 28.7 Å². The lowest BCUT2D eigenvalue weighted by Crippen LogP contribution is -2.33. The Morgan fingerprint density at radius 1 is 1.29 bits per heavy atom. The largest absolute Gasteiger partial charge is 0.442 e. The van der Waals surface area contributed by atoms with E-state index in [1.54, 1.807) is 6.07 Å². The zero-order chi connectivity index (χ0) is 17.4. The normalized spacial score (nSPS) is 17.2. The number of benzene rings is 1. The molecule has 1 aromatic heterocycles. The van der Waals surface area contributed by atoms with E-state index in [1.165, 1.54) is 30.9 Å². The van der Waals surface area contributed by atoms with Gasteiger partial charge in [0.25, 0.3) is 0 Å². The van der Waals surface area contributed by atoms with Gasteiger partial charge in [-0.2, -0.15) is 0 Å². The lowest BCUT2D eigenvalue weighted by molar-refractivity contribution is -0.119. The molecule has 0 saturated carbocycles. The van der Waals surface area contributed by atoms with E-state index in [0.29, 0.717) is 11.2 Å². The second kappa shape index (κ2) is 5.84. The van der Waals surface area contributed by atoms with E-state index in [4.69, 9.17) is 9.15 Å². The van der Waals surface area contributed by atoms with Crippen LogP contribution in [0.25, 0.3) is 11.1 Å². The highest BCUT2D eigenvalue weighted by Crippen LogP contribution is 2.25. The molecule has 2 aromatic rings. The van der Waals surface area contributed by atoms with Gasteiger partial charge in [0.1, 0.15) is 6.10 Å². The molecule has 1 aromatic carbocycles. The number of ether oxygens (including phenoxy) is 1. The quantitative estimate of drug-likeness (QED) is 0.886. The van der Waals surface area contributed by atoms with Gasteiger partial charge in [0.05, 0.1) is 24.3 Å². The molecule has 0 unspecified atom stereocenters. The van der Waals surface area contributed by atoms with Gasteiger partial charge in [0.2, 0.25) is 11.8 Å². The SMILES string of the molecule is CC(=O)NC[C@H]1CN(c2ccc3c(c2)oc(=O)n3C(C)=O)C(=O)O1. The Kier molecular flexibility index (Phi) is 3.84. The molecule has 1 N–H and O–H groups in total. The second-order valence-corrected chi connectivity index (χ2v) is 5.43. The Labute approximate surface area is 135 Å². The first kappa shape index (κ1) is 15.8. The van der Waals surface area contributed by atoms with Gasteiger partial charge in [-0.3, -0.25) is 14.5 Å². The van der Waals surface area contributed by atoms with Crippen LogP contribution in [0, 0.1) is 0 Å². The van der Waals surface area contributed by atoms with Crippen molar-refractivity contribution in [1.29, 1.82) is 0 Å². The van der Waals surface area contributed by atoms with Crippen LogP contribution in [0.2, 0.25) is 0 Å². The molecule has 3 rings (SSSR count). The third kappa shape index (κ3) is 2.75. The molecule has 126 valence electrons. The van der Waals surface area contributed by atoms with Gasteiger partial charge in [-0.1, -0.05) is 0 Å². The molecule has 0 spiro atoms. The topological polar surface area (TPSA) is 111 Å². The van der Waals surface area contributed by atoms with Crippen molar-refractivity contribution < 1.29 is 23.5 Å². The Balaban J connectivity index is 1.87. The maximum Gasteiger partial charge on any atom is 0.426 e. The summed E-state index contributed by atoms with van der Waals surface area (Å²) in [5.74, 6) is -1.44. The number of nitrogens with one attached hydrogen (secondary N) is 1. The van der Waals surface area contributed by atoms with E-state index in [0.717, 1.165) is 4.57 Å². The Hall–Kier alpha value is -3.10. The van der Waals surface area contributed by atoms with Crippen LogP contribution in [-0.4, -0.2) is 41.7 Å². The molecule has 1 saturated heterocycles. The fourth-order valence-electron chi connectivity index (χ4n) is 2.57. The average Bonchev–Trinajstić information content (AvgIpc) is 3.03. The van der Waals surface area contributed by atoms with Crippen molar-refractivity contribution in [2.45, 2.75) is 20.0 Å². The van der Waals surface area contributed by atoms with Crippen LogP contribution in [0.15, 0.2) is 27.4 Å². The third-order valence-corrected chi connectivity index (χ3v) is 3.64. The lowest BCUT2D eigenvalue weighted by Gasteiger charge is -2.12. The predicted octanol–water partition coefficient (Wildman–Crippen LogP) is 0.716. The van der Waals surface area contributed by atoms with Crippen LogP contribution in [0.5, 0.6) is 0 Å². The number of cyclic esters (lactones) is 1. The molecule has 1 aliphatic rings. The molecule has 0 radical (unpaired) electrons. The number of fused-ring (bicyclic) bond motifs is 1. The number of anilines is 1. The van der Waals surface area contributed by atoms with E-state index in [9.17, 15) is 19.2 Å². The molecule has 1 aliphatic heterocycles. The minimum atomic E-state index is -0.776. The molecule has 1 atom stereocenters. The molecule has 24 heavy (non-hydrogen) atoms. The van der Waals surface area contributed by atoms with Gasteiger partial charge < -0.3 is 14.5 Å². The lowest BCUT2D eigenvalue weighted by atomic mass is 10.2. The first-order valence-corrected chi connectivity index (χ1v) is 7.26. The Bertz CT molecular complexity index is 896. The monoisotopic (exact) mass is 333 g/mol. The fourth-order valence-corrected chi connectivity index (χ4v) is 2.57. The maximum absolute atomic E-state index is 12.0. The zero-order valence-corrected chi connectivity index (χ0v) is 13.1. The van der Waals surface area contributed by atoms with Crippen LogP contribution in [0.1, 0.15) is 18.6 Å². The summed E-state index contributed by atoms with van der Waals surface area (Å²) in [5.41, 5.74) is 1.01. The van der Waals surface area contributed by atoms with Crippen molar-refractivity contribution >= 4 is 34.7 Å². The molecule has 2 amide bonds. The number of carbonyl (C=O) groups excluding carboxylic acids is 3. The van der Waals surface area contributed by atoms with Gasteiger partial charge in [0, 0.05) is 19.9 Å². The minimum absolute atomic E-state index is 0.200. The molecule has 2 heterocycles. The molecule has 9 nitrogen and oxygen atoms in total. The maximum atomic E-state index is 12.0. The molecular formula is C15H15N3O6. The van der Waals surface area contributed by atoms with Crippen LogP contribution in [0.3, 0.4) is 0 Å². The van der Waals surface area contributed by atoms with Crippen LogP contribution in [0.4, 0.5) is 10.5 Å². The first-order chi connectivity index (χ1) is 11.4. The van der Waals surface area contributed by atoms with Crippen molar-refractivity contribution in [3.63, 3.8) is 0 Å².